The average molecular weight is 287 g/mol. The van der Waals surface area contributed by atoms with E-state index in [9.17, 15) is 0 Å². The Balaban J connectivity index is 1.92. The molecule has 0 radical (unpaired) electrons. The summed E-state index contributed by atoms with van der Waals surface area (Å²) in [5, 5.41) is 2.61. The number of aromatic nitrogens is 1. The number of ether oxygens (including phenoxy) is 1. The SMILES string of the molecule is COc1cccc(Cn2c3ccccc3c3ccccc32)c1. The summed E-state index contributed by atoms with van der Waals surface area (Å²) in [5.74, 6) is 0.901. The summed E-state index contributed by atoms with van der Waals surface area (Å²) in [6.07, 6.45) is 0. The molecular weight excluding hydrogens is 270 g/mol. The highest BCUT2D eigenvalue weighted by Crippen LogP contribution is 2.29. The fraction of sp³-hybridized carbons (Fsp3) is 0.100. The molecule has 0 aliphatic rings. The molecule has 4 aromatic rings. The minimum absolute atomic E-state index is 0.839. The van der Waals surface area contributed by atoms with Crippen molar-refractivity contribution < 1.29 is 4.74 Å². The molecule has 1 aromatic heterocycles. The van der Waals surface area contributed by atoms with Gasteiger partial charge in [-0.2, -0.15) is 0 Å². The Morgan fingerprint density at radius 3 is 2.05 bits per heavy atom. The fourth-order valence-electron chi connectivity index (χ4n) is 3.13. The zero-order valence-corrected chi connectivity index (χ0v) is 12.5. The molecule has 0 aliphatic heterocycles. The molecule has 0 unspecified atom stereocenters. The predicted molar refractivity (Wildman–Crippen MR) is 91.5 cm³/mol. The van der Waals surface area contributed by atoms with Crippen LogP contribution in [0.5, 0.6) is 5.75 Å². The number of fused-ring (bicyclic) bond motifs is 3. The first-order valence-electron chi connectivity index (χ1n) is 7.46. The molecule has 22 heavy (non-hydrogen) atoms. The summed E-state index contributed by atoms with van der Waals surface area (Å²) >= 11 is 0. The molecular formula is C20H17NO. The van der Waals surface area contributed by atoms with Crippen molar-refractivity contribution in [2.45, 2.75) is 6.54 Å². The minimum atomic E-state index is 0.839. The zero-order chi connectivity index (χ0) is 14.9. The molecule has 108 valence electrons. The molecule has 4 rings (SSSR count). The highest BCUT2D eigenvalue weighted by Gasteiger charge is 2.10. The number of hydrogen-bond donors (Lipinski definition) is 0. The van der Waals surface area contributed by atoms with E-state index < -0.39 is 0 Å². The maximum atomic E-state index is 5.34. The standard InChI is InChI=1S/C20H17NO/c1-22-16-8-6-7-15(13-16)14-21-19-11-4-2-9-17(19)18-10-3-5-12-20(18)21/h2-13H,14H2,1H3. The van der Waals surface area contributed by atoms with E-state index in [1.807, 2.05) is 12.1 Å². The molecule has 1 heterocycles. The van der Waals surface area contributed by atoms with Gasteiger partial charge in [0.15, 0.2) is 0 Å². The fourth-order valence-corrected chi connectivity index (χ4v) is 3.13. The van der Waals surface area contributed by atoms with Crippen LogP contribution >= 0.6 is 0 Å². The number of hydrogen-bond acceptors (Lipinski definition) is 1. The van der Waals surface area contributed by atoms with Crippen LogP contribution in [-0.2, 0) is 6.54 Å². The van der Waals surface area contributed by atoms with Crippen molar-refractivity contribution in [3.63, 3.8) is 0 Å². The van der Waals surface area contributed by atoms with E-state index in [1.165, 1.54) is 27.4 Å². The van der Waals surface area contributed by atoms with Crippen molar-refractivity contribution in [2.75, 3.05) is 7.11 Å². The van der Waals surface area contributed by atoms with Gasteiger partial charge in [0.2, 0.25) is 0 Å². The van der Waals surface area contributed by atoms with Gasteiger partial charge in [0.05, 0.1) is 7.11 Å². The molecule has 0 atom stereocenters. The second kappa shape index (κ2) is 5.23. The van der Waals surface area contributed by atoms with Crippen LogP contribution in [0.15, 0.2) is 72.8 Å². The van der Waals surface area contributed by atoms with Gasteiger partial charge >= 0.3 is 0 Å². The van der Waals surface area contributed by atoms with Gasteiger partial charge in [-0.25, -0.2) is 0 Å². The topological polar surface area (TPSA) is 14.2 Å². The van der Waals surface area contributed by atoms with Crippen LogP contribution in [0, 0.1) is 0 Å². The molecule has 3 aromatic carbocycles. The molecule has 2 heteroatoms. The van der Waals surface area contributed by atoms with E-state index in [0.29, 0.717) is 0 Å². The van der Waals surface area contributed by atoms with Crippen LogP contribution in [0.25, 0.3) is 21.8 Å². The third-order valence-corrected chi connectivity index (χ3v) is 4.15. The quantitative estimate of drug-likeness (QED) is 0.525. The summed E-state index contributed by atoms with van der Waals surface area (Å²) in [6, 6.07) is 25.4. The Hall–Kier alpha value is -2.74. The number of rotatable bonds is 3. The smallest absolute Gasteiger partial charge is 0.119 e. The molecule has 2 nitrogen and oxygen atoms in total. The third kappa shape index (κ3) is 2.04. The van der Waals surface area contributed by atoms with Crippen LogP contribution in [0.4, 0.5) is 0 Å². The van der Waals surface area contributed by atoms with Gasteiger partial charge in [0, 0.05) is 28.4 Å². The van der Waals surface area contributed by atoms with Gasteiger partial charge in [-0.15, -0.1) is 0 Å². The monoisotopic (exact) mass is 287 g/mol. The van der Waals surface area contributed by atoms with Crippen molar-refractivity contribution in [1.29, 1.82) is 0 Å². The van der Waals surface area contributed by atoms with Crippen LogP contribution in [0.1, 0.15) is 5.56 Å². The Kier molecular flexibility index (Phi) is 3.08. The van der Waals surface area contributed by atoms with Crippen molar-refractivity contribution in [3.8, 4) is 5.75 Å². The van der Waals surface area contributed by atoms with E-state index in [-0.39, 0.29) is 0 Å². The zero-order valence-electron chi connectivity index (χ0n) is 12.5. The normalized spacial score (nSPS) is 11.1. The Bertz CT molecular complexity index is 899. The first-order valence-corrected chi connectivity index (χ1v) is 7.46. The largest absolute Gasteiger partial charge is 0.497 e. The van der Waals surface area contributed by atoms with E-state index in [4.69, 9.17) is 4.74 Å². The molecule has 0 aliphatic carbocycles. The average Bonchev–Trinajstić information content (AvgIpc) is 2.90. The lowest BCUT2D eigenvalue weighted by atomic mass is 10.2. The first kappa shape index (κ1) is 13.0. The molecule has 0 saturated carbocycles. The summed E-state index contributed by atoms with van der Waals surface area (Å²) < 4.78 is 7.71. The molecule has 0 saturated heterocycles. The maximum Gasteiger partial charge on any atom is 0.119 e. The van der Waals surface area contributed by atoms with Crippen LogP contribution in [-0.4, -0.2) is 11.7 Å². The van der Waals surface area contributed by atoms with Crippen molar-refractivity contribution >= 4 is 21.8 Å². The molecule has 0 amide bonds. The number of nitrogens with zero attached hydrogens (tertiary/aromatic N) is 1. The third-order valence-electron chi connectivity index (χ3n) is 4.15. The summed E-state index contributed by atoms with van der Waals surface area (Å²) in [7, 11) is 1.71. The highest BCUT2D eigenvalue weighted by molar-refractivity contribution is 6.08. The lowest BCUT2D eigenvalue weighted by Crippen LogP contribution is -1.99. The first-order chi connectivity index (χ1) is 10.9. The number of benzene rings is 3. The molecule has 0 spiro atoms. The van der Waals surface area contributed by atoms with Gasteiger partial charge in [0.1, 0.15) is 5.75 Å². The van der Waals surface area contributed by atoms with Crippen molar-refractivity contribution in [1.82, 2.24) is 4.57 Å². The lowest BCUT2D eigenvalue weighted by molar-refractivity contribution is 0.414. The predicted octanol–water partition coefficient (Wildman–Crippen LogP) is 4.85. The van der Waals surface area contributed by atoms with Gasteiger partial charge in [-0.1, -0.05) is 48.5 Å². The molecule has 0 bridgehead atoms. The van der Waals surface area contributed by atoms with E-state index in [2.05, 4.69) is 65.2 Å². The van der Waals surface area contributed by atoms with Crippen molar-refractivity contribution in [3.05, 3.63) is 78.4 Å². The van der Waals surface area contributed by atoms with Crippen LogP contribution in [0.3, 0.4) is 0 Å². The Morgan fingerprint density at radius 2 is 1.41 bits per heavy atom. The summed E-state index contributed by atoms with van der Waals surface area (Å²) in [6.45, 7) is 0.839. The summed E-state index contributed by atoms with van der Waals surface area (Å²) in [5.41, 5.74) is 3.78. The van der Waals surface area contributed by atoms with Gasteiger partial charge < -0.3 is 9.30 Å². The van der Waals surface area contributed by atoms with E-state index in [0.717, 1.165) is 12.3 Å². The molecule has 0 N–H and O–H groups in total. The number of methoxy groups -OCH3 is 1. The van der Waals surface area contributed by atoms with Crippen LogP contribution in [0.2, 0.25) is 0 Å². The second-order valence-corrected chi connectivity index (χ2v) is 5.47. The van der Waals surface area contributed by atoms with Gasteiger partial charge in [0.25, 0.3) is 0 Å². The Labute approximate surface area is 129 Å². The van der Waals surface area contributed by atoms with E-state index in [1.54, 1.807) is 7.11 Å². The maximum absolute atomic E-state index is 5.34. The number of para-hydroxylation sites is 2. The second-order valence-electron chi connectivity index (χ2n) is 5.47. The van der Waals surface area contributed by atoms with Gasteiger partial charge in [-0.05, 0) is 29.8 Å². The lowest BCUT2D eigenvalue weighted by Gasteiger charge is -2.09. The van der Waals surface area contributed by atoms with Gasteiger partial charge in [-0.3, -0.25) is 0 Å². The van der Waals surface area contributed by atoms with Crippen molar-refractivity contribution in [2.24, 2.45) is 0 Å². The van der Waals surface area contributed by atoms with E-state index >= 15 is 0 Å². The Morgan fingerprint density at radius 1 is 0.773 bits per heavy atom. The highest BCUT2D eigenvalue weighted by atomic mass is 16.5. The van der Waals surface area contributed by atoms with Crippen LogP contribution < -0.4 is 4.74 Å². The summed E-state index contributed by atoms with van der Waals surface area (Å²) in [4.78, 5) is 0. The minimum Gasteiger partial charge on any atom is -0.497 e. The molecule has 0 fully saturated rings.